The summed E-state index contributed by atoms with van der Waals surface area (Å²) in [6.07, 6.45) is 0.901. The summed E-state index contributed by atoms with van der Waals surface area (Å²) in [7, 11) is 1.58. The lowest BCUT2D eigenvalue weighted by Gasteiger charge is -2.17. The Morgan fingerprint density at radius 2 is 1.67 bits per heavy atom. The highest BCUT2D eigenvalue weighted by Crippen LogP contribution is 2.15. The molecule has 0 spiro atoms. The van der Waals surface area contributed by atoms with Crippen LogP contribution in [0.15, 0.2) is 54.6 Å². The van der Waals surface area contributed by atoms with Crippen LogP contribution in [0.2, 0.25) is 0 Å². The quantitative estimate of drug-likeness (QED) is 0.733. The summed E-state index contributed by atoms with van der Waals surface area (Å²) < 4.78 is 0. The van der Waals surface area contributed by atoms with Crippen LogP contribution in [0.4, 0.5) is 5.69 Å². The van der Waals surface area contributed by atoms with Gasteiger partial charge in [0.25, 0.3) is 5.91 Å². The molecule has 2 aromatic carbocycles. The first-order chi connectivity index (χ1) is 11.6. The topological polar surface area (TPSA) is 70.2 Å². The number of anilines is 1. The van der Waals surface area contributed by atoms with E-state index in [0.29, 0.717) is 11.3 Å². The van der Waals surface area contributed by atoms with Crippen molar-refractivity contribution in [2.75, 3.05) is 18.9 Å². The van der Waals surface area contributed by atoms with Gasteiger partial charge in [-0.2, -0.15) is 0 Å². The second kappa shape index (κ2) is 8.84. The average Bonchev–Trinajstić information content (AvgIpc) is 2.63. The SMILES string of the molecule is CCC(NCC(=O)Nc1ccc(C(=O)NC)cc1)c1ccccc1. The molecule has 5 heteroatoms. The molecule has 0 heterocycles. The van der Waals surface area contributed by atoms with Crippen LogP contribution in [0.5, 0.6) is 0 Å². The van der Waals surface area contributed by atoms with Crippen molar-refractivity contribution in [2.45, 2.75) is 19.4 Å². The van der Waals surface area contributed by atoms with Gasteiger partial charge in [-0.3, -0.25) is 9.59 Å². The van der Waals surface area contributed by atoms with Gasteiger partial charge in [0, 0.05) is 24.3 Å². The van der Waals surface area contributed by atoms with Crippen LogP contribution in [-0.2, 0) is 4.79 Å². The number of rotatable bonds is 7. The molecule has 0 saturated heterocycles. The molecule has 2 rings (SSSR count). The van der Waals surface area contributed by atoms with Crippen molar-refractivity contribution in [3.63, 3.8) is 0 Å². The fourth-order valence-corrected chi connectivity index (χ4v) is 2.45. The van der Waals surface area contributed by atoms with Gasteiger partial charge in [-0.05, 0) is 36.2 Å². The fourth-order valence-electron chi connectivity index (χ4n) is 2.45. The number of amides is 2. The third kappa shape index (κ3) is 4.93. The lowest BCUT2D eigenvalue weighted by Crippen LogP contribution is -2.31. The van der Waals surface area contributed by atoms with E-state index in [1.54, 1.807) is 31.3 Å². The van der Waals surface area contributed by atoms with Gasteiger partial charge in [0.15, 0.2) is 0 Å². The molecule has 1 atom stereocenters. The second-order valence-electron chi connectivity index (χ2n) is 5.46. The molecule has 126 valence electrons. The first-order valence-corrected chi connectivity index (χ1v) is 8.04. The molecule has 0 fully saturated rings. The molecule has 0 aromatic heterocycles. The summed E-state index contributed by atoms with van der Waals surface area (Å²) in [5.74, 6) is -0.264. The summed E-state index contributed by atoms with van der Waals surface area (Å²) in [6, 6.07) is 17.0. The van der Waals surface area contributed by atoms with Crippen molar-refractivity contribution in [2.24, 2.45) is 0 Å². The first kappa shape index (κ1) is 17.7. The minimum absolute atomic E-state index is 0.114. The van der Waals surface area contributed by atoms with Crippen LogP contribution >= 0.6 is 0 Å². The highest BCUT2D eigenvalue weighted by atomic mass is 16.2. The van der Waals surface area contributed by atoms with E-state index in [2.05, 4.69) is 35.0 Å². The van der Waals surface area contributed by atoms with E-state index >= 15 is 0 Å². The Morgan fingerprint density at radius 3 is 2.25 bits per heavy atom. The zero-order chi connectivity index (χ0) is 17.4. The summed E-state index contributed by atoms with van der Waals surface area (Å²) in [5.41, 5.74) is 2.40. The molecule has 1 unspecified atom stereocenters. The number of benzene rings is 2. The van der Waals surface area contributed by atoms with E-state index < -0.39 is 0 Å². The van der Waals surface area contributed by atoms with E-state index in [-0.39, 0.29) is 24.4 Å². The van der Waals surface area contributed by atoms with Crippen molar-refractivity contribution in [1.82, 2.24) is 10.6 Å². The largest absolute Gasteiger partial charge is 0.355 e. The maximum absolute atomic E-state index is 12.1. The lowest BCUT2D eigenvalue weighted by molar-refractivity contribution is -0.115. The monoisotopic (exact) mass is 325 g/mol. The van der Waals surface area contributed by atoms with E-state index in [9.17, 15) is 9.59 Å². The maximum Gasteiger partial charge on any atom is 0.251 e. The highest BCUT2D eigenvalue weighted by Gasteiger charge is 2.11. The molecule has 24 heavy (non-hydrogen) atoms. The molecule has 3 N–H and O–H groups in total. The summed E-state index contributed by atoms with van der Waals surface area (Å²) >= 11 is 0. The van der Waals surface area contributed by atoms with E-state index in [0.717, 1.165) is 6.42 Å². The van der Waals surface area contributed by atoms with Crippen molar-refractivity contribution < 1.29 is 9.59 Å². The van der Waals surface area contributed by atoms with Crippen LogP contribution in [0, 0.1) is 0 Å². The first-order valence-electron chi connectivity index (χ1n) is 8.04. The van der Waals surface area contributed by atoms with Gasteiger partial charge in [-0.15, -0.1) is 0 Å². The zero-order valence-corrected chi connectivity index (χ0v) is 14.0. The standard InChI is InChI=1S/C19H23N3O2/c1-3-17(14-7-5-4-6-8-14)21-13-18(23)22-16-11-9-15(10-12-16)19(24)20-2/h4-12,17,21H,3,13H2,1-2H3,(H,20,24)(H,22,23). The Hall–Kier alpha value is -2.66. The molecule has 0 aliphatic carbocycles. The molecule has 0 aliphatic heterocycles. The summed E-state index contributed by atoms with van der Waals surface area (Å²) in [6.45, 7) is 2.31. The van der Waals surface area contributed by atoms with Gasteiger partial charge in [0.1, 0.15) is 0 Å². The Morgan fingerprint density at radius 1 is 1.00 bits per heavy atom. The van der Waals surface area contributed by atoms with E-state index in [1.807, 2.05) is 18.2 Å². The highest BCUT2D eigenvalue weighted by molar-refractivity contribution is 5.96. The van der Waals surface area contributed by atoms with Gasteiger partial charge >= 0.3 is 0 Å². The van der Waals surface area contributed by atoms with Crippen LogP contribution in [0.3, 0.4) is 0 Å². The molecule has 2 amide bonds. The zero-order valence-electron chi connectivity index (χ0n) is 14.0. The minimum atomic E-state index is -0.150. The molecule has 0 aliphatic rings. The normalized spacial score (nSPS) is 11.6. The number of nitrogens with one attached hydrogen (secondary N) is 3. The third-order valence-corrected chi connectivity index (χ3v) is 3.78. The third-order valence-electron chi connectivity index (χ3n) is 3.78. The van der Waals surface area contributed by atoms with Gasteiger partial charge in [0.2, 0.25) is 5.91 Å². The molecule has 2 aromatic rings. The molecule has 0 saturated carbocycles. The average molecular weight is 325 g/mol. The maximum atomic E-state index is 12.1. The van der Waals surface area contributed by atoms with Crippen molar-refractivity contribution in [3.05, 3.63) is 65.7 Å². The fraction of sp³-hybridized carbons (Fsp3) is 0.263. The summed E-state index contributed by atoms with van der Waals surface area (Å²) in [4.78, 5) is 23.6. The molecule has 0 bridgehead atoms. The van der Waals surface area contributed by atoms with Crippen molar-refractivity contribution in [1.29, 1.82) is 0 Å². The van der Waals surface area contributed by atoms with Gasteiger partial charge in [-0.25, -0.2) is 0 Å². The Labute approximate surface area is 142 Å². The van der Waals surface area contributed by atoms with Crippen LogP contribution in [0.1, 0.15) is 35.3 Å². The van der Waals surface area contributed by atoms with Gasteiger partial charge in [0.05, 0.1) is 6.54 Å². The van der Waals surface area contributed by atoms with Gasteiger partial charge in [-0.1, -0.05) is 37.3 Å². The predicted molar refractivity (Wildman–Crippen MR) is 95.9 cm³/mol. The Bertz CT molecular complexity index is 669. The minimum Gasteiger partial charge on any atom is -0.355 e. The smallest absolute Gasteiger partial charge is 0.251 e. The van der Waals surface area contributed by atoms with E-state index in [4.69, 9.17) is 0 Å². The second-order valence-corrected chi connectivity index (χ2v) is 5.46. The van der Waals surface area contributed by atoms with E-state index in [1.165, 1.54) is 5.56 Å². The Kier molecular flexibility index (Phi) is 6.51. The summed E-state index contributed by atoms with van der Waals surface area (Å²) in [5, 5.41) is 8.65. The molecule has 5 nitrogen and oxygen atoms in total. The number of hydrogen-bond acceptors (Lipinski definition) is 3. The number of carbonyl (C=O) groups is 2. The lowest BCUT2D eigenvalue weighted by atomic mass is 10.0. The Balaban J connectivity index is 1.87. The molecular formula is C19H23N3O2. The molecular weight excluding hydrogens is 302 g/mol. The molecule has 0 radical (unpaired) electrons. The number of hydrogen-bond donors (Lipinski definition) is 3. The van der Waals surface area contributed by atoms with Crippen molar-refractivity contribution >= 4 is 17.5 Å². The van der Waals surface area contributed by atoms with Crippen LogP contribution in [-0.4, -0.2) is 25.4 Å². The van der Waals surface area contributed by atoms with Gasteiger partial charge < -0.3 is 16.0 Å². The number of carbonyl (C=O) groups excluding carboxylic acids is 2. The van der Waals surface area contributed by atoms with Crippen LogP contribution < -0.4 is 16.0 Å². The van der Waals surface area contributed by atoms with Crippen LogP contribution in [0.25, 0.3) is 0 Å². The predicted octanol–water partition coefficient (Wildman–Crippen LogP) is 2.73. The van der Waals surface area contributed by atoms with Crippen molar-refractivity contribution in [3.8, 4) is 0 Å².